The predicted octanol–water partition coefficient (Wildman–Crippen LogP) is 2.35. The predicted molar refractivity (Wildman–Crippen MR) is 70.2 cm³/mol. The van der Waals surface area contributed by atoms with Crippen molar-refractivity contribution in [1.29, 1.82) is 0 Å². The number of thiophene rings is 1. The molecule has 1 aliphatic rings. The molecule has 0 saturated heterocycles. The van der Waals surface area contributed by atoms with Crippen molar-refractivity contribution in [2.24, 2.45) is 0 Å². The van der Waals surface area contributed by atoms with Gasteiger partial charge in [0.2, 0.25) is 5.16 Å². The minimum atomic E-state index is 0.142. The van der Waals surface area contributed by atoms with Gasteiger partial charge in [0, 0.05) is 4.88 Å². The van der Waals surface area contributed by atoms with E-state index in [4.69, 9.17) is 0 Å². The minimum absolute atomic E-state index is 0.142. The van der Waals surface area contributed by atoms with Crippen molar-refractivity contribution in [2.75, 3.05) is 5.75 Å². The first kappa shape index (κ1) is 11.9. The van der Waals surface area contributed by atoms with E-state index in [1.165, 1.54) is 23.1 Å². The van der Waals surface area contributed by atoms with Crippen LogP contribution in [0.15, 0.2) is 17.3 Å². The van der Waals surface area contributed by atoms with E-state index in [1.807, 2.05) is 23.7 Å². The summed E-state index contributed by atoms with van der Waals surface area (Å²) in [6.45, 7) is 2.00. The highest BCUT2D eigenvalue weighted by Crippen LogP contribution is 2.36. The number of Topliss-reactive ketones (excluding diaryl/α,β-unsaturated/α-hetero) is 1. The number of hydrogen-bond acceptors (Lipinski definition) is 6. The molecule has 18 heavy (non-hydrogen) atoms. The first-order valence-electron chi connectivity index (χ1n) is 5.74. The number of rotatable bonds is 5. The van der Waals surface area contributed by atoms with Crippen molar-refractivity contribution in [1.82, 2.24) is 20.2 Å². The molecule has 0 N–H and O–H groups in total. The summed E-state index contributed by atoms with van der Waals surface area (Å²) in [6.07, 6.45) is 2.27. The van der Waals surface area contributed by atoms with E-state index >= 15 is 0 Å². The lowest BCUT2D eigenvalue weighted by atomic mass is 10.3. The molecule has 0 amide bonds. The molecule has 2 aromatic rings. The van der Waals surface area contributed by atoms with Crippen molar-refractivity contribution in [3.63, 3.8) is 0 Å². The third-order valence-electron chi connectivity index (χ3n) is 2.70. The molecule has 1 saturated carbocycles. The maximum absolute atomic E-state index is 12.0. The first-order valence-corrected chi connectivity index (χ1v) is 7.54. The molecule has 2 aromatic heterocycles. The number of carbonyl (C=O) groups excluding carboxylic acids is 1. The average Bonchev–Trinajstić information content (AvgIpc) is 2.94. The molecule has 2 heterocycles. The van der Waals surface area contributed by atoms with Crippen LogP contribution in [0, 0.1) is 6.92 Å². The number of aromatic nitrogens is 4. The van der Waals surface area contributed by atoms with Gasteiger partial charge < -0.3 is 0 Å². The van der Waals surface area contributed by atoms with Crippen LogP contribution < -0.4 is 0 Å². The van der Waals surface area contributed by atoms with E-state index in [2.05, 4.69) is 15.5 Å². The largest absolute Gasteiger partial charge is 0.292 e. The summed E-state index contributed by atoms with van der Waals surface area (Å²) in [4.78, 5) is 13.9. The van der Waals surface area contributed by atoms with Gasteiger partial charge in [-0.15, -0.1) is 16.4 Å². The van der Waals surface area contributed by atoms with Crippen molar-refractivity contribution >= 4 is 28.9 Å². The van der Waals surface area contributed by atoms with Crippen LogP contribution in [0.1, 0.15) is 33.4 Å². The van der Waals surface area contributed by atoms with Gasteiger partial charge in [-0.25, -0.2) is 4.68 Å². The summed E-state index contributed by atoms with van der Waals surface area (Å²) in [5.74, 6) is 0.538. The van der Waals surface area contributed by atoms with Gasteiger partial charge in [0.25, 0.3) is 0 Å². The van der Waals surface area contributed by atoms with Crippen molar-refractivity contribution in [2.45, 2.75) is 31.0 Å². The lowest BCUT2D eigenvalue weighted by molar-refractivity contribution is 0.102. The molecule has 0 atom stereocenters. The van der Waals surface area contributed by atoms with Gasteiger partial charge in [0.15, 0.2) is 5.78 Å². The molecule has 5 nitrogen and oxygen atoms in total. The van der Waals surface area contributed by atoms with Crippen LogP contribution in [0.3, 0.4) is 0 Å². The first-order chi connectivity index (χ1) is 8.74. The summed E-state index contributed by atoms with van der Waals surface area (Å²) in [6, 6.07) is 4.30. The molecule has 0 radical (unpaired) electrons. The van der Waals surface area contributed by atoms with E-state index < -0.39 is 0 Å². The van der Waals surface area contributed by atoms with Crippen LogP contribution in [-0.4, -0.2) is 31.7 Å². The second kappa shape index (κ2) is 4.81. The van der Waals surface area contributed by atoms with E-state index in [0.717, 1.165) is 27.8 Å². The van der Waals surface area contributed by atoms with Gasteiger partial charge in [-0.1, -0.05) is 11.8 Å². The fourth-order valence-corrected chi connectivity index (χ4v) is 3.34. The smallest absolute Gasteiger partial charge is 0.210 e. The third-order valence-corrected chi connectivity index (χ3v) is 4.68. The number of thioether (sulfide) groups is 1. The minimum Gasteiger partial charge on any atom is -0.292 e. The number of nitrogens with zero attached hydrogens (tertiary/aromatic N) is 4. The topological polar surface area (TPSA) is 60.7 Å². The Morgan fingerprint density at radius 2 is 2.39 bits per heavy atom. The summed E-state index contributed by atoms with van der Waals surface area (Å²) in [5.41, 5.74) is 0. The zero-order valence-electron chi connectivity index (χ0n) is 9.87. The number of tetrazole rings is 1. The number of carbonyl (C=O) groups is 1. The second-order valence-corrected chi connectivity index (χ2v) is 6.49. The van der Waals surface area contributed by atoms with E-state index in [1.54, 1.807) is 0 Å². The van der Waals surface area contributed by atoms with Gasteiger partial charge in [-0.2, -0.15) is 0 Å². The van der Waals surface area contributed by atoms with Crippen LogP contribution in [0.25, 0.3) is 0 Å². The molecule has 94 valence electrons. The zero-order chi connectivity index (χ0) is 12.5. The normalized spacial score (nSPS) is 14.9. The fourth-order valence-electron chi connectivity index (χ4n) is 1.61. The molecule has 0 unspecified atom stereocenters. The van der Waals surface area contributed by atoms with Crippen molar-refractivity contribution in [3.05, 3.63) is 21.9 Å². The van der Waals surface area contributed by atoms with E-state index in [9.17, 15) is 4.79 Å². The fraction of sp³-hybridized carbons (Fsp3) is 0.455. The van der Waals surface area contributed by atoms with Crippen LogP contribution >= 0.6 is 23.1 Å². The summed E-state index contributed by atoms with van der Waals surface area (Å²) >= 11 is 2.95. The molecule has 0 bridgehead atoms. The number of hydrogen-bond donors (Lipinski definition) is 0. The van der Waals surface area contributed by atoms with Crippen LogP contribution in [0.5, 0.6) is 0 Å². The van der Waals surface area contributed by atoms with Gasteiger partial charge in [0.1, 0.15) is 0 Å². The summed E-state index contributed by atoms with van der Waals surface area (Å²) in [5, 5.41) is 12.3. The Balaban J connectivity index is 1.63. The zero-order valence-corrected chi connectivity index (χ0v) is 11.5. The SMILES string of the molecule is Cc1ccc(C(=O)CSc2nnnn2C2CC2)s1. The number of ketones is 1. The molecule has 0 aromatic carbocycles. The second-order valence-electron chi connectivity index (χ2n) is 4.26. The van der Waals surface area contributed by atoms with Gasteiger partial charge in [-0.05, 0) is 42.3 Å². The average molecular weight is 280 g/mol. The summed E-state index contributed by atoms with van der Waals surface area (Å²) < 4.78 is 1.83. The van der Waals surface area contributed by atoms with Gasteiger partial charge >= 0.3 is 0 Å². The molecule has 3 rings (SSSR count). The molecular weight excluding hydrogens is 268 g/mol. The van der Waals surface area contributed by atoms with Gasteiger partial charge in [-0.3, -0.25) is 4.79 Å². The third kappa shape index (κ3) is 2.46. The standard InChI is InChI=1S/C11H12N4OS2/c1-7-2-5-10(18-7)9(16)6-17-11-12-13-14-15(11)8-3-4-8/h2,5,8H,3-4,6H2,1H3. The molecule has 7 heteroatoms. The molecular formula is C11H12N4OS2. The molecule has 0 aliphatic heterocycles. The Labute approximate surface area is 113 Å². The Hall–Kier alpha value is -1.21. The van der Waals surface area contributed by atoms with Crippen molar-refractivity contribution < 1.29 is 4.79 Å². The highest BCUT2D eigenvalue weighted by molar-refractivity contribution is 7.99. The Kier molecular flexibility index (Phi) is 3.17. The highest BCUT2D eigenvalue weighted by atomic mass is 32.2. The van der Waals surface area contributed by atoms with Crippen LogP contribution in [-0.2, 0) is 0 Å². The van der Waals surface area contributed by atoms with E-state index in [0.29, 0.717) is 11.8 Å². The maximum atomic E-state index is 12.0. The Morgan fingerprint density at radius 3 is 3.06 bits per heavy atom. The molecule has 0 spiro atoms. The van der Waals surface area contributed by atoms with Gasteiger partial charge in [0.05, 0.1) is 16.7 Å². The quantitative estimate of drug-likeness (QED) is 0.621. The van der Waals surface area contributed by atoms with Crippen LogP contribution in [0.4, 0.5) is 0 Å². The molecule has 1 aliphatic carbocycles. The lowest BCUT2D eigenvalue weighted by Gasteiger charge is -2.00. The maximum Gasteiger partial charge on any atom is 0.210 e. The lowest BCUT2D eigenvalue weighted by Crippen LogP contribution is -2.03. The number of aryl methyl sites for hydroxylation is 1. The molecule has 1 fully saturated rings. The highest BCUT2D eigenvalue weighted by Gasteiger charge is 2.28. The van der Waals surface area contributed by atoms with Crippen molar-refractivity contribution in [3.8, 4) is 0 Å². The Bertz CT molecular complexity index is 573. The Morgan fingerprint density at radius 1 is 1.56 bits per heavy atom. The monoisotopic (exact) mass is 280 g/mol. The van der Waals surface area contributed by atoms with Crippen LogP contribution in [0.2, 0.25) is 0 Å². The van der Waals surface area contributed by atoms with E-state index in [-0.39, 0.29) is 5.78 Å². The summed E-state index contributed by atoms with van der Waals surface area (Å²) in [7, 11) is 0.